The van der Waals surface area contributed by atoms with Crippen LogP contribution in [0.3, 0.4) is 0 Å². The summed E-state index contributed by atoms with van der Waals surface area (Å²) in [5.41, 5.74) is 0.931. The van der Waals surface area contributed by atoms with Gasteiger partial charge >= 0.3 is 6.18 Å². The van der Waals surface area contributed by atoms with E-state index in [2.05, 4.69) is 15.2 Å². The highest BCUT2D eigenvalue weighted by Gasteiger charge is 2.34. The number of nitrogens with one attached hydrogen (secondary N) is 1. The van der Waals surface area contributed by atoms with Crippen molar-refractivity contribution >= 4 is 17.3 Å². The standard InChI is InChI=1S/C21H21ClF3N5O2/c1-2-9-32-20-27-15-12-29(17-10-26-28-19(31)18(17)22)8-7-16(15)30(20)11-13-5-3-4-6-14(13)21(23,24)25/h3-6,10H,2,7-9,11-12H2,1H3,(H,28,31). The first-order valence-corrected chi connectivity index (χ1v) is 10.5. The second-order valence-electron chi connectivity index (χ2n) is 7.45. The number of imidazole rings is 1. The molecule has 4 rings (SSSR count). The van der Waals surface area contributed by atoms with Gasteiger partial charge in [0.2, 0.25) is 0 Å². The van der Waals surface area contributed by atoms with E-state index in [0.717, 1.165) is 18.2 Å². The molecule has 11 heteroatoms. The SMILES string of the molecule is CCCOc1nc2c(n1Cc1ccccc1C(F)(F)F)CCN(c1cn[nH]c(=O)c1Cl)C2. The molecule has 3 aromatic rings. The molecule has 32 heavy (non-hydrogen) atoms. The van der Waals surface area contributed by atoms with Crippen molar-refractivity contribution in [2.24, 2.45) is 0 Å². The van der Waals surface area contributed by atoms with Crippen molar-refractivity contribution in [3.8, 4) is 6.01 Å². The Morgan fingerprint density at radius 3 is 2.81 bits per heavy atom. The third-order valence-corrected chi connectivity index (χ3v) is 5.65. The molecule has 0 fully saturated rings. The van der Waals surface area contributed by atoms with Gasteiger partial charge in [-0.3, -0.25) is 9.36 Å². The molecule has 1 aliphatic heterocycles. The van der Waals surface area contributed by atoms with Gasteiger partial charge in [0, 0.05) is 18.7 Å². The molecule has 170 valence electrons. The Kier molecular flexibility index (Phi) is 6.14. The van der Waals surface area contributed by atoms with E-state index in [9.17, 15) is 18.0 Å². The fraction of sp³-hybridized carbons (Fsp3) is 0.381. The van der Waals surface area contributed by atoms with E-state index >= 15 is 0 Å². The van der Waals surface area contributed by atoms with Gasteiger partial charge < -0.3 is 9.64 Å². The number of aromatic amines is 1. The van der Waals surface area contributed by atoms with Gasteiger partial charge in [0.05, 0.1) is 42.8 Å². The number of benzene rings is 1. The lowest BCUT2D eigenvalue weighted by atomic mass is 10.1. The molecule has 1 aromatic carbocycles. The van der Waals surface area contributed by atoms with Crippen LogP contribution in [0.2, 0.25) is 5.02 Å². The van der Waals surface area contributed by atoms with E-state index in [1.165, 1.54) is 18.3 Å². The predicted molar refractivity (Wildman–Crippen MR) is 113 cm³/mol. The zero-order valence-corrected chi connectivity index (χ0v) is 18.0. The Bertz CT molecular complexity index is 1170. The van der Waals surface area contributed by atoms with Gasteiger partial charge in [-0.25, -0.2) is 5.10 Å². The summed E-state index contributed by atoms with van der Waals surface area (Å²) in [6, 6.07) is 5.79. The maximum atomic E-state index is 13.5. The summed E-state index contributed by atoms with van der Waals surface area (Å²) < 4.78 is 48.1. The van der Waals surface area contributed by atoms with E-state index in [1.807, 2.05) is 11.8 Å². The molecule has 0 spiro atoms. The van der Waals surface area contributed by atoms with Crippen LogP contribution in [0.1, 0.15) is 35.9 Å². The topological polar surface area (TPSA) is 76.0 Å². The molecule has 0 bridgehead atoms. The summed E-state index contributed by atoms with van der Waals surface area (Å²) in [7, 11) is 0. The second-order valence-corrected chi connectivity index (χ2v) is 7.83. The maximum absolute atomic E-state index is 13.5. The van der Waals surface area contributed by atoms with Gasteiger partial charge in [0.1, 0.15) is 5.02 Å². The van der Waals surface area contributed by atoms with Crippen LogP contribution in [0.25, 0.3) is 0 Å². The van der Waals surface area contributed by atoms with Crippen LogP contribution in [-0.4, -0.2) is 32.9 Å². The zero-order valence-electron chi connectivity index (χ0n) is 17.2. The van der Waals surface area contributed by atoms with Crippen molar-refractivity contribution in [1.29, 1.82) is 0 Å². The molecule has 0 saturated carbocycles. The van der Waals surface area contributed by atoms with Gasteiger partial charge in [0.15, 0.2) is 0 Å². The van der Waals surface area contributed by atoms with E-state index in [-0.39, 0.29) is 23.1 Å². The van der Waals surface area contributed by atoms with Crippen molar-refractivity contribution in [2.45, 2.75) is 39.0 Å². The van der Waals surface area contributed by atoms with Crippen molar-refractivity contribution < 1.29 is 17.9 Å². The molecule has 1 aliphatic rings. The number of rotatable bonds is 6. The minimum atomic E-state index is -4.46. The first kappa shape index (κ1) is 22.2. The second kappa shape index (κ2) is 8.85. The highest BCUT2D eigenvalue weighted by atomic mass is 35.5. The predicted octanol–water partition coefficient (Wildman–Crippen LogP) is 4.04. The lowest BCUT2D eigenvalue weighted by Gasteiger charge is -2.29. The quantitative estimate of drug-likeness (QED) is 0.592. The van der Waals surface area contributed by atoms with E-state index in [4.69, 9.17) is 16.3 Å². The van der Waals surface area contributed by atoms with E-state index in [0.29, 0.717) is 37.5 Å². The van der Waals surface area contributed by atoms with Crippen LogP contribution in [0.5, 0.6) is 6.01 Å². The number of fused-ring (bicyclic) bond motifs is 1. The van der Waals surface area contributed by atoms with Gasteiger partial charge in [0.25, 0.3) is 11.6 Å². The van der Waals surface area contributed by atoms with Crippen molar-refractivity contribution in [3.63, 3.8) is 0 Å². The first-order chi connectivity index (χ1) is 15.3. The van der Waals surface area contributed by atoms with Crippen molar-refractivity contribution in [3.05, 3.63) is 68.4 Å². The molecule has 0 radical (unpaired) electrons. The Hall–Kier alpha value is -3.01. The van der Waals surface area contributed by atoms with Crippen LogP contribution < -0.4 is 15.2 Å². The minimum Gasteiger partial charge on any atom is -0.465 e. The Labute approximate surface area is 186 Å². The summed E-state index contributed by atoms with van der Waals surface area (Å²) in [5.74, 6) is 0. The normalized spacial score (nSPS) is 13.8. The summed E-state index contributed by atoms with van der Waals surface area (Å²) in [4.78, 5) is 18.3. The van der Waals surface area contributed by atoms with Crippen LogP contribution >= 0.6 is 11.6 Å². The minimum absolute atomic E-state index is 0.00954. The maximum Gasteiger partial charge on any atom is 0.416 e. The number of nitrogens with zero attached hydrogens (tertiary/aromatic N) is 4. The lowest BCUT2D eigenvalue weighted by molar-refractivity contribution is -0.138. The van der Waals surface area contributed by atoms with Gasteiger partial charge in [-0.05, 0) is 18.1 Å². The van der Waals surface area contributed by atoms with Gasteiger partial charge in [-0.15, -0.1) is 0 Å². The van der Waals surface area contributed by atoms with E-state index in [1.54, 1.807) is 10.6 Å². The molecule has 1 N–H and O–H groups in total. The summed E-state index contributed by atoms with van der Waals surface area (Å²) in [6.07, 6.45) is -1.76. The third-order valence-electron chi connectivity index (χ3n) is 5.28. The molecule has 0 atom stereocenters. The smallest absolute Gasteiger partial charge is 0.416 e. The molecule has 0 unspecified atom stereocenters. The molecule has 2 aromatic heterocycles. The highest BCUT2D eigenvalue weighted by Crippen LogP contribution is 2.34. The molecule has 7 nitrogen and oxygen atoms in total. The number of hydrogen-bond acceptors (Lipinski definition) is 5. The van der Waals surface area contributed by atoms with E-state index < -0.39 is 17.3 Å². The molecule has 0 aliphatic carbocycles. The Morgan fingerprint density at radius 1 is 1.28 bits per heavy atom. The average molecular weight is 468 g/mol. The summed E-state index contributed by atoms with van der Waals surface area (Å²) in [5, 5.41) is 6.12. The largest absolute Gasteiger partial charge is 0.465 e. The molecular formula is C21H21ClF3N5O2. The van der Waals surface area contributed by atoms with Crippen molar-refractivity contribution in [2.75, 3.05) is 18.1 Å². The number of alkyl halides is 3. The fourth-order valence-corrected chi connectivity index (χ4v) is 4.00. The molecule has 3 heterocycles. The van der Waals surface area contributed by atoms with Crippen LogP contribution in [-0.2, 0) is 25.7 Å². The average Bonchev–Trinajstić information content (AvgIpc) is 3.10. The Morgan fingerprint density at radius 2 is 2.06 bits per heavy atom. The molecule has 0 amide bonds. The fourth-order valence-electron chi connectivity index (χ4n) is 3.79. The van der Waals surface area contributed by atoms with Crippen LogP contribution in [0, 0.1) is 0 Å². The van der Waals surface area contributed by atoms with Crippen molar-refractivity contribution in [1.82, 2.24) is 19.7 Å². The highest BCUT2D eigenvalue weighted by molar-refractivity contribution is 6.32. The van der Waals surface area contributed by atoms with Gasteiger partial charge in [-0.2, -0.15) is 23.3 Å². The molecular weight excluding hydrogens is 447 g/mol. The number of aromatic nitrogens is 4. The number of anilines is 1. The van der Waals surface area contributed by atoms with Crippen LogP contribution in [0.15, 0.2) is 35.3 Å². The third kappa shape index (κ3) is 4.32. The summed E-state index contributed by atoms with van der Waals surface area (Å²) >= 11 is 6.14. The van der Waals surface area contributed by atoms with Gasteiger partial charge in [-0.1, -0.05) is 36.7 Å². The monoisotopic (exact) mass is 467 g/mol. The number of halogens is 4. The number of H-pyrrole nitrogens is 1. The number of hydrogen-bond donors (Lipinski definition) is 1. The zero-order chi connectivity index (χ0) is 22.9. The Balaban J connectivity index is 1.70. The number of ether oxygens (including phenoxy) is 1. The summed E-state index contributed by atoms with van der Waals surface area (Å²) in [6.45, 7) is 3.15. The lowest BCUT2D eigenvalue weighted by Crippen LogP contribution is -2.32. The van der Waals surface area contributed by atoms with Crippen LogP contribution in [0.4, 0.5) is 18.9 Å². The molecule has 0 saturated heterocycles. The first-order valence-electron chi connectivity index (χ1n) is 10.1.